The zero-order valence-corrected chi connectivity index (χ0v) is 18.2. The van der Waals surface area contributed by atoms with Crippen molar-refractivity contribution in [3.05, 3.63) is 62.9 Å². The second-order valence-electron chi connectivity index (χ2n) is 8.37. The Bertz CT molecular complexity index is 1550. The highest BCUT2D eigenvalue weighted by Gasteiger charge is 2.20. The summed E-state index contributed by atoms with van der Waals surface area (Å²) in [6.07, 6.45) is 6.23. The first-order chi connectivity index (χ1) is 16.6. The van der Waals surface area contributed by atoms with Gasteiger partial charge in [0, 0.05) is 24.3 Å². The van der Waals surface area contributed by atoms with E-state index >= 15 is 0 Å². The third kappa shape index (κ3) is 4.07. The number of H-pyrrole nitrogens is 2. The van der Waals surface area contributed by atoms with Gasteiger partial charge in [0.1, 0.15) is 11.5 Å². The molecule has 4 heterocycles. The maximum Gasteiger partial charge on any atom is 0.326 e. The first kappa shape index (κ1) is 20.3. The predicted molar refractivity (Wildman–Crippen MR) is 123 cm³/mol. The van der Waals surface area contributed by atoms with Crippen LogP contribution in [0.2, 0.25) is 0 Å². The minimum absolute atomic E-state index is 0.240. The summed E-state index contributed by atoms with van der Waals surface area (Å²) in [7, 11) is 0. The summed E-state index contributed by atoms with van der Waals surface area (Å²) in [5, 5.41) is 18.4. The minimum atomic E-state index is -0.491. The predicted octanol–water partition coefficient (Wildman–Crippen LogP) is 0.835. The normalized spacial score (nSPS) is 16.7. The van der Waals surface area contributed by atoms with Crippen LogP contribution in [-0.2, 0) is 6.54 Å². The maximum absolute atomic E-state index is 11.5. The van der Waals surface area contributed by atoms with Crippen LogP contribution in [0, 0.1) is 0 Å². The molecule has 1 aromatic carbocycles. The van der Waals surface area contributed by atoms with Gasteiger partial charge in [0.2, 0.25) is 5.88 Å². The number of aromatic nitrogens is 5. The molecule has 0 atom stereocenters. The number of aromatic hydroxyl groups is 1. The molecule has 34 heavy (non-hydrogen) atoms. The summed E-state index contributed by atoms with van der Waals surface area (Å²) in [4.78, 5) is 25.9. The summed E-state index contributed by atoms with van der Waals surface area (Å²) in [5.41, 5.74) is 2.05. The first-order valence-corrected chi connectivity index (χ1v) is 11.2. The van der Waals surface area contributed by atoms with E-state index in [0.29, 0.717) is 48.0 Å². The second-order valence-corrected chi connectivity index (χ2v) is 8.37. The fraction of sp³-hybridized carbons (Fsp3) is 0.304. The van der Waals surface area contributed by atoms with Gasteiger partial charge in [-0.1, -0.05) is 6.07 Å². The number of benzene rings is 1. The third-order valence-electron chi connectivity index (χ3n) is 5.66. The van der Waals surface area contributed by atoms with E-state index in [1.54, 1.807) is 16.8 Å². The molecule has 4 aromatic rings. The lowest BCUT2D eigenvalue weighted by Gasteiger charge is -2.11. The number of anilines is 1. The van der Waals surface area contributed by atoms with E-state index in [1.807, 2.05) is 24.3 Å². The molecule has 6 rings (SSSR count). The Hall–Kier alpha value is -4.28. The Morgan fingerprint density at radius 3 is 2.85 bits per heavy atom. The van der Waals surface area contributed by atoms with Crippen molar-refractivity contribution in [2.75, 3.05) is 18.5 Å². The number of imidazole rings is 1. The average Bonchev–Trinajstić information content (AvgIpc) is 3.53. The van der Waals surface area contributed by atoms with Crippen LogP contribution in [0.25, 0.3) is 11.7 Å². The SMILES string of the molecule is O=c1[nH]c(O)c(C=c2cnn3c(=NC4CC4)cc(NCc4ccc5c(c4)OCCCO5)nc23)[nH]1. The molecule has 174 valence electrons. The molecule has 0 spiro atoms. The van der Waals surface area contributed by atoms with Crippen LogP contribution in [0.15, 0.2) is 40.2 Å². The molecule has 1 saturated carbocycles. The molecule has 1 fully saturated rings. The fourth-order valence-electron chi connectivity index (χ4n) is 3.80. The molecular formula is C23H23N7O4. The largest absolute Gasteiger partial charge is 0.493 e. The highest BCUT2D eigenvalue weighted by molar-refractivity contribution is 5.58. The Morgan fingerprint density at radius 2 is 2.06 bits per heavy atom. The lowest BCUT2D eigenvalue weighted by molar-refractivity contribution is 0.297. The van der Waals surface area contributed by atoms with E-state index < -0.39 is 5.69 Å². The minimum Gasteiger partial charge on any atom is -0.493 e. The summed E-state index contributed by atoms with van der Waals surface area (Å²) < 4.78 is 13.2. The number of nitrogens with zero attached hydrogens (tertiary/aromatic N) is 4. The average molecular weight is 461 g/mol. The Kier molecular flexibility index (Phi) is 4.93. The lowest BCUT2D eigenvalue weighted by Crippen LogP contribution is -2.20. The van der Waals surface area contributed by atoms with Gasteiger partial charge >= 0.3 is 5.69 Å². The molecule has 0 saturated heterocycles. The maximum atomic E-state index is 11.5. The van der Waals surface area contributed by atoms with Crippen LogP contribution in [0.1, 0.15) is 30.5 Å². The molecule has 0 radical (unpaired) electrons. The topological polar surface area (TPSA) is 142 Å². The van der Waals surface area contributed by atoms with Crippen molar-refractivity contribution in [2.45, 2.75) is 31.8 Å². The van der Waals surface area contributed by atoms with E-state index in [0.717, 1.165) is 36.3 Å². The molecule has 11 nitrogen and oxygen atoms in total. The molecule has 1 aliphatic heterocycles. The van der Waals surface area contributed by atoms with E-state index in [2.05, 4.69) is 20.4 Å². The Balaban J connectivity index is 1.36. The lowest BCUT2D eigenvalue weighted by atomic mass is 10.2. The molecule has 11 heteroatoms. The molecule has 0 amide bonds. The van der Waals surface area contributed by atoms with Crippen LogP contribution in [0.3, 0.4) is 0 Å². The van der Waals surface area contributed by atoms with Gasteiger partial charge in [-0.3, -0.25) is 9.98 Å². The highest BCUT2D eigenvalue weighted by atomic mass is 16.5. The van der Waals surface area contributed by atoms with Crippen molar-refractivity contribution < 1.29 is 14.6 Å². The van der Waals surface area contributed by atoms with Crippen LogP contribution in [-0.4, -0.2) is 48.9 Å². The van der Waals surface area contributed by atoms with Crippen molar-refractivity contribution in [2.24, 2.45) is 4.99 Å². The number of fused-ring (bicyclic) bond motifs is 2. The zero-order valence-electron chi connectivity index (χ0n) is 18.2. The van der Waals surface area contributed by atoms with Gasteiger partial charge in [0.25, 0.3) is 0 Å². The van der Waals surface area contributed by atoms with Crippen LogP contribution in [0.5, 0.6) is 17.4 Å². The smallest absolute Gasteiger partial charge is 0.326 e. The second kappa shape index (κ2) is 8.25. The van der Waals surface area contributed by atoms with Gasteiger partial charge in [-0.25, -0.2) is 9.78 Å². The highest BCUT2D eigenvalue weighted by Crippen LogP contribution is 2.30. The number of rotatable bonds is 5. The van der Waals surface area contributed by atoms with Crippen LogP contribution >= 0.6 is 0 Å². The molecule has 0 bridgehead atoms. The summed E-state index contributed by atoms with van der Waals surface area (Å²) in [6, 6.07) is 8.07. The molecule has 4 N–H and O–H groups in total. The standard InChI is InChI=1S/C23H23N7O4/c31-22-16(27-23(32)29-22)9-14-12-25-30-20(26-15-3-4-15)10-19(28-21(14)30)24-11-13-2-5-17-18(8-13)34-7-1-6-33-17/h2,5,8-10,12,15,24,31H,1,3-4,6-7,11H2,(H2,27,29,32). The molecule has 0 unspecified atom stereocenters. The van der Waals surface area contributed by atoms with E-state index in [-0.39, 0.29) is 11.6 Å². The van der Waals surface area contributed by atoms with Crippen molar-refractivity contribution in [1.29, 1.82) is 0 Å². The van der Waals surface area contributed by atoms with Gasteiger partial charge in [-0.15, -0.1) is 0 Å². The van der Waals surface area contributed by atoms with Crippen molar-refractivity contribution in [1.82, 2.24) is 24.6 Å². The molecule has 3 aromatic heterocycles. The van der Waals surface area contributed by atoms with Crippen molar-refractivity contribution in [3.8, 4) is 17.4 Å². The quantitative estimate of drug-likeness (QED) is 0.345. The fourth-order valence-corrected chi connectivity index (χ4v) is 3.80. The Labute approximate surface area is 192 Å². The van der Waals surface area contributed by atoms with Gasteiger partial charge in [0.05, 0.1) is 25.5 Å². The third-order valence-corrected chi connectivity index (χ3v) is 5.66. The summed E-state index contributed by atoms with van der Waals surface area (Å²) in [6.45, 7) is 1.82. The van der Waals surface area contributed by atoms with Crippen molar-refractivity contribution in [3.63, 3.8) is 0 Å². The van der Waals surface area contributed by atoms with Gasteiger partial charge < -0.3 is 24.9 Å². The molecule has 1 aliphatic carbocycles. The molecular weight excluding hydrogens is 438 g/mol. The number of hydrogen-bond acceptors (Lipinski definition) is 8. The number of hydrogen-bond donors (Lipinski definition) is 4. The number of aromatic amines is 2. The first-order valence-electron chi connectivity index (χ1n) is 11.2. The monoisotopic (exact) mass is 461 g/mol. The van der Waals surface area contributed by atoms with Gasteiger partial charge in [-0.05, 0) is 36.6 Å². The van der Waals surface area contributed by atoms with Crippen molar-refractivity contribution >= 4 is 17.5 Å². The molecule has 2 aliphatic rings. The number of nitrogens with one attached hydrogen (secondary N) is 3. The summed E-state index contributed by atoms with van der Waals surface area (Å²) in [5.74, 6) is 1.91. The van der Waals surface area contributed by atoms with Crippen LogP contribution in [0.4, 0.5) is 5.82 Å². The number of ether oxygens (including phenoxy) is 2. The van der Waals surface area contributed by atoms with Gasteiger partial charge in [-0.2, -0.15) is 9.61 Å². The van der Waals surface area contributed by atoms with E-state index in [4.69, 9.17) is 19.5 Å². The zero-order chi connectivity index (χ0) is 23.1. The van der Waals surface area contributed by atoms with Crippen LogP contribution < -0.4 is 31.2 Å². The van der Waals surface area contributed by atoms with Gasteiger partial charge in [0.15, 0.2) is 22.6 Å². The Morgan fingerprint density at radius 1 is 1.21 bits per heavy atom. The summed E-state index contributed by atoms with van der Waals surface area (Å²) >= 11 is 0. The van der Waals surface area contributed by atoms with E-state index in [9.17, 15) is 9.90 Å². The van der Waals surface area contributed by atoms with E-state index in [1.165, 1.54) is 0 Å².